The van der Waals surface area contributed by atoms with Crippen LogP contribution in [0, 0.1) is 6.92 Å². The summed E-state index contributed by atoms with van der Waals surface area (Å²) in [5, 5.41) is 5.36. The number of para-hydroxylation sites is 1. The molecule has 0 aromatic heterocycles. The number of carbonyl (C=O) groups excluding carboxylic acids is 2. The minimum Gasteiger partial charge on any atom is -0.483 e. The van der Waals surface area contributed by atoms with E-state index in [1.54, 1.807) is 43.1 Å². The van der Waals surface area contributed by atoms with Crippen LogP contribution in [0.5, 0.6) is 5.75 Å². The summed E-state index contributed by atoms with van der Waals surface area (Å²) in [6.07, 6.45) is 0. The lowest BCUT2D eigenvalue weighted by Gasteiger charge is -2.10. The quantitative estimate of drug-likeness (QED) is 0.562. The fourth-order valence-corrected chi connectivity index (χ4v) is 2.87. The van der Waals surface area contributed by atoms with Crippen LogP contribution in [0.1, 0.15) is 15.9 Å². The lowest BCUT2D eigenvalue weighted by atomic mass is 10.2. The zero-order valence-electron chi connectivity index (χ0n) is 14.4. The van der Waals surface area contributed by atoms with Crippen molar-refractivity contribution in [3.8, 4) is 5.75 Å². The van der Waals surface area contributed by atoms with E-state index in [-0.39, 0.29) is 18.4 Å². The van der Waals surface area contributed by atoms with Crippen molar-refractivity contribution in [3.05, 3.63) is 59.7 Å². The lowest BCUT2D eigenvalue weighted by Crippen LogP contribution is -2.31. The highest BCUT2D eigenvalue weighted by molar-refractivity contribution is 7.99. The number of aryl methyl sites for hydroxylation is 1. The van der Waals surface area contributed by atoms with Gasteiger partial charge in [0.1, 0.15) is 5.75 Å². The summed E-state index contributed by atoms with van der Waals surface area (Å²) >= 11 is 1.69. The summed E-state index contributed by atoms with van der Waals surface area (Å²) in [6.45, 7) is 2.48. The van der Waals surface area contributed by atoms with E-state index in [9.17, 15) is 9.59 Å². The van der Waals surface area contributed by atoms with Crippen LogP contribution in [-0.2, 0) is 4.79 Å². The fraction of sp³-hybridized carbons (Fsp3) is 0.263. The zero-order chi connectivity index (χ0) is 18.1. The van der Waals surface area contributed by atoms with E-state index < -0.39 is 0 Å². The molecule has 0 spiro atoms. The Balaban J connectivity index is 1.72. The number of thioether (sulfide) groups is 1. The highest BCUT2D eigenvalue weighted by Crippen LogP contribution is 2.18. The first-order valence-electron chi connectivity index (χ1n) is 8.00. The van der Waals surface area contributed by atoms with E-state index in [2.05, 4.69) is 41.8 Å². The first-order valence-corrected chi connectivity index (χ1v) is 8.99. The largest absolute Gasteiger partial charge is 0.483 e. The Morgan fingerprint density at radius 2 is 1.80 bits per heavy atom. The van der Waals surface area contributed by atoms with E-state index in [1.165, 1.54) is 10.5 Å². The van der Waals surface area contributed by atoms with Gasteiger partial charge in [-0.05, 0) is 31.2 Å². The SMILES string of the molecule is CNC(=O)c1ccccc1OCC(=O)NCCSc1ccc(C)cc1. The number of nitrogens with one attached hydrogen (secondary N) is 2. The summed E-state index contributed by atoms with van der Waals surface area (Å²) in [4.78, 5) is 24.8. The Labute approximate surface area is 152 Å². The molecule has 5 nitrogen and oxygen atoms in total. The van der Waals surface area contributed by atoms with Crippen molar-refractivity contribution < 1.29 is 14.3 Å². The Bertz CT molecular complexity index is 717. The van der Waals surface area contributed by atoms with Gasteiger partial charge in [-0.1, -0.05) is 29.8 Å². The van der Waals surface area contributed by atoms with E-state index in [0.717, 1.165) is 5.75 Å². The first kappa shape index (κ1) is 18.9. The fourth-order valence-electron chi connectivity index (χ4n) is 2.10. The standard InChI is InChI=1S/C19H22N2O3S/c1-14-7-9-15(10-8-14)25-12-11-21-18(22)13-24-17-6-4-3-5-16(17)19(23)20-2/h3-10H,11-13H2,1-2H3,(H,20,23)(H,21,22). The van der Waals surface area contributed by atoms with Crippen LogP contribution in [0.3, 0.4) is 0 Å². The minimum absolute atomic E-state index is 0.122. The van der Waals surface area contributed by atoms with E-state index in [1.807, 2.05) is 0 Å². The van der Waals surface area contributed by atoms with Crippen molar-refractivity contribution in [2.75, 3.05) is 26.0 Å². The van der Waals surface area contributed by atoms with Crippen molar-refractivity contribution in [2.45, 2.75) is 11.8 Å². The molecule has 0 heterocycles. The second-order valence-electron chi connectivity index (χ2n) is 5.38. The number of ether oxygens (including phenoxy) is 1. The van der Waals surface area contributed by atoms with Crippen LogP contribution in [0.15, 0.2) is 53.4 Å². The third kappa shape index (κ3) is 6.15. The molecule has 0 atom stereocenters. The molecule has 0 saturated carbocycles. The van der Waals surface area contributed by atoms with Crippen LogP contribution in [0.2, 0.25) is 0 Å². The molecule has 0 bridgehead atoms. The number of amides is 2. The van der Waals surface area contributed by atoms with E-state index >= 15 is 0 Å². The van der Waals surface area contributed by atoms with Crippen LogP contribution in [0.4, 0.5) is 0 Å². The molecule has 0 aliphatic heterocycles. The maximum atomic E-state index is 11.9. The van der Waals surface area contributed by atoms with Gasteiger partial charge in [0.05, 0.1) is 5.56 Å². The Morgan fingerprint density at radius 1 is 1.08 bits per heavy atom. The second kappa shape index (κ2) is 9.74. The summed E-state index contributed by atoms with van der Waals surface area (Å²) in [6, 6.07) is 15.1. The average molecular weight is 358 g/mol. The summed E-state index contributed by atoms with van der Waals surface area (Å²) < 4.78 is 5.47. The molecule has 2 aromatic rings. The number of carbonyl (C=O) groups is 2. The molecular weight excluding hydrogens is 336 g/mol. The van der Waals surface area contributed by atoms with Crippen molar-refractivity contribution in [3.63, 3.8) is 0 Å². The molecular formula is C19H22N2O3S. The number of benzene rings is 2. The molecule has 2 aromatic carbocycles. The third-order valence-electron chi connectivity index (χ3n) is 3.43. The van der Waals surface area contributed by atoms with Gasteiger partial charge in [0.25, 0.3) is 11.8 Å². The molecule has 0 unspecified atom stereocenters. The summed E-state index contributed by atoms with van der Waals surface area (Å²) in [7, 11) is 1.55. The maximum absolute atomic E-state index is 11.9. The topological polar surface area (TPSA) is 67.4 Å². The predicted octanol–water partition coefficient (Wildman–Crippen LogP) is 2.64. The average Bonchev–Trinajstić information content (AvgIpc) is 2.64. The highest BCUT2D eigenvalue weighted by atomic mass is 32.2. The van der Waals surface area contributed by atoms with Crippen molar-refractivity contribution in [1.29, 1.82) is 0 Å². The first-order chi connectivity index (χ1) is 12.1. The van der Waals surface area contributed by atoms with Gasteiger partial charge in [-0.25, -0.2) is 0 Å². The van der Waals surface area contributed by atoms with Gasteiger partial charge >= 0.3 is 0 Å². The normalized spacial score (nSPS) is 10.2. The highest BCUT2D eigenvalue weighted by Gasteiger charge is 2.11. The van der Waals surface area contributed by atoms with Gasteiger partial charge in [0.15, 0.2) is 6.61 Å². The van der Waals surface area contributed by atoms with Gasteiger partial charge in [0.2, 0.25) is 0 Å². The second-order valence-corrected chi connectivity index (χ2v) is 6.54. The summed E-state index contributed by atoms with van der Waals surface area (Å²) in [5.74, 6) is 0.719. The van der Waals surface area contributed by atoms with Gasteiger partial charge in [-0.2, -0.15) is 0 Å². The van der Waals surface area contributed by atoms with E-state index in [0.29, 0.717) is 17.9 Å². The smallest absolute Gasteiger partial charge is 0.257 e. The van der Waals surface area contributed by atoms with Crippen molar-refractivity contribution in [1.82, 2.24) is 10.6 Å². The molecule has 0 saturated heterocycles. The molecule has 0 aliphatic carbocycles. The molecule has 0 fully saturated rings. The van der Waals surface area contributed by atoms with Crippen LogP contribution in [0.25, 0.3) is 0 Å². The molecule has 132 valence electrons. The molecule has 2 N–H and O–H groups in total. The van der Waals surface area contributed by atoms with Crippen molar-refractivity contribution in [2.24, 2.45) is 0 Å². The molecule has 0 aliphatic rings. The van der Waals surface area contributed by atoms with Gasteiger partial charge < -0.3 is 15.4 Å². The van der Waals surface area contributed by atoms with Gasteiger partial charge in [-0.3, -0.25) is 9.59 Å². The molecule has 2 rings (SSSR count). The van der Waals surface area contributed by atoms with Gasteiger partial charge in [0, 0.05) is 24.2 Å². The van der Waals surface area contributed by atoms with Crippen molar-refractivity contribution >= 4 is 23.6 Å². The predicted molar refractivity (Wildman–Crippen MR) is 100 cm³/mol. The Hall–Kier alpha value is -2.47. The molecule has 2 amide bonds. The minimum atomic E-state index is -0.245. The van der Waals surface area contributed by atoms with Gasteiger partial charge in [-0.15, -0.1) is 11.8 Å². The van der Waals surface area contributed by atoms with Crippen LogP contribution >= 0.6 is 11.8 Å². The third-order valence-corrected chi connectivity index (χ3v) is 4.45. The Kier molecular flexibility index (Phi) is 7.35. The molecule has 0 radical (unpaired) electrons. The number of hydrogen-bond acceptors (Lipinski definition) is 4. The number of hydrogen-bond donors (Lipinski definition) is 2. The zero-order valence-corrected chi connectivity index (χ0v) is 15.2. The van der Waals surface area contributed by atoms with E-state index in [4.69, 9.17) is 4.74 Å². The Morgan fingerprint density at radius 3 is 2.52 bits per heavy atom. The molecule has 6 heteroatoms. The lowest BCUT2D eigenvalue weighted by molar-refractivity contribution is -0.122. The monoisotopic (exact) mass is 358 g/mol. The van der Waals surface area contributed by atoms with Crippen LogP contribution < -0.4 is 15.4 Å². The number of rotatable bonds is 8. The maximum Gasteiger partial charge on any atom is 0.257 e. The van der Waals surface area contributed by atoms with Crippen LogP contribution in [-0.4, -0.2) is 37.8 Å². The molecule has 25 heavy (non-hydrogen) atoms. The summed E-state index contributed by atoms with van der Waals surface area (Å²) in [5.41, 5.74) is 1.64.